The lowest BCUT2D eigenvalue weighted by Crippen LogP contribution is -2.39. The minimum atomic E-state index is -4.38. The molecule has 15 nitrogen and oxygen atoms in total. The van der Waals surface area contributed by atoms with Crippen molar-refractivity contribution < 1.29 is 37.7 Å². The Morgan fingerprint density at radius 3 is 2.68 bits per heavy atom. The average Bonchev–Trinajstić information content (AvgIpc) is 3.56. The van der Waals surface area contributed by atoms with Gasteiger partial charge in [0, 0.05) is 5.39 Å². The Kier molecular flexibility index (Phi) is 9.45. The summed E-state index contributed by atoms with van der Waals surface area (Å²) < 4.78 is 44.6. The van der Waals surface area contributed by atoms with Gasteiger partial charge in [-0.15, -0.1) is 0 Å². The zero-order valence-corrected chi connectivity index (χ0v) is 27.8. The molecule has 250 valence electrons. The van der Waals surface area contributed by atoms with Gasteiger partial charge in [0.15, 0.2) is 17.4 Å². The number of nitrogens with zero attached hydrogens (tertiary/aromatic N) is 5. The number of benzene rings is 2. The van der Waals surface area contributed by atoms with Crippen LogP contribution in [0.4, 0.5) is 5.95 Å². The number of rotatable bonds is 11. The van der Waals surface area contributed by atoms with Crippen LogP contribution in [-0.4, -0.2) is 69.2 Å². The second-order valence-corrected chi connectivity index (χ2v) is 14.4. The fourth-order valence-corrected chi connectivity index (χ4v) is 6.63. The molecule has 47 heavy (non-hydrogen) atoms. The van der Waals surface area contributed by atoms with Crippen LogP contribution < -0.4 is 20.1 Å². The van der Waals surface area contributed by atoms with E-state index < -0.39 is 50.2 Å². The summed E-state index contributed by atoms with van der Waals surface area (Å²) in [6.07, 6.45) is -2.37. The van der Waals surface area contributed by atoms with E-state index in [9.17, 15) is 19.7 Å². The first-order chi connectivity index (χ1) is 22.2. The number of aliphatic hydroxyl groups is 1. The van der Waals surface area contributed by atoms with Gasteiger partial charge in [-0.1, -0.05) is 57.2 Å². The van der Waals surface area contributed by atoms with Gasteiger partial charge in [-0.3, -0.25) is 13.9 Å². The molecule has 3 heterocycles. The molecule has 1 saturated heterocycles. The Balaban J connectivity index is 1.43. The highest BCUT2D eigenvalue weighted by Gasteiger charge is 2.56. The Labute approximate surface area is 271 Å². The van der Waals surface area contributed by atoms with Crippen LogP contribution in [0.15, 0.2) is 48.8 Å². The molecule has 0 radical (unpaired) electrons. The molecule has 2 aromatic heterocycles. The number of nitrogen functional groups attached to an aromatic ring is 1. The monoisotopic (exact) mass is 667 g/mol. The first kappa shape index (κ1) is 34.0. The Morgan fingerprint density at radius 2 is 1.98 bits per heavy atom. The standard InChI is InChI=1S/C31H38N7O8P/c1-18(27(40)43-16-30(2,3)4)37-47(41,46-21-13-9-11-19-10-7-8-12-20(19)21)44-14-22-24(39)31(5,15-32)28(45-22)38-17-34-23-25(38)35-29(33)36-26(23)42-6/h7-13,17-18,22,24,28,39H,14,16H2,1-6H3,(H,37,41)(H2,33,35,36)/t18-,22+,24+,28?,31+,47?/m0/s1. The predicted octanol–water partition coefficient (Wildman–Crippen LogP) is 4.13. The Bertz CT molecular complexity index is 1870. The van der Waals surface area contributed by atoms with Crippen molar-refractivity contribution in [2.45, 2.75) is 59.1 Å². The molecule has 5 rings (SSSR count). The fourth-order valence-electron chi connectivity index (χ4n) is 5.11. The van der Waals surface area contributed by atoms with Crippen molar-refractivity contribution in [2.24, 2.45) is 10.8 Å². The number of carbonyl (C=O) groups excluding carboxylic acids is 1. The first-order valence-corrected chi connectivity index (χ1v) is 16.4. The fraction of sp³-hybridized carbons (Fsp3) is 0.452. The number of nitriles is 1. The zero-order chi connectivity index (χ0) is 34.1. The lowest BCUT2D eigenvalue weighted by atomic mass is 9.84. The summed E-state index contributed by atoms with van der Waals surface area (Å²) in [6, 6.07) is 13.6. The van der Waals surface area contributed by atoms with Gasteiger partial charge in [-0.25, -0.2) is 9.55 Å². The number of carbonyl (C=O) groups is 1. The molecule has 1 fully saturated rings. The second kappa shape index (κ2) is 13.1. The van der Waals surface area contributed by atoms with E-state index in [1.165, 1.54) is 31.9 Å². The lowest BCUT2D eigenvalue weighted by Gasteiger charge is -2.26. The van der Waals surface area contributed by atoms with E-state index in [0.717, 1.165) is 5.39 Å². The van der Waals surface area contributed by atoms with E-state index in [-0.39, 0.29) is 40.8 Å². The molecule has 16 heteroatoms. The van der Waals surface area contributed by atoms with Crippen LogP contribution in [0, 0.1) is 22.2 Å². The number of hydrogen-bond acceptors (Lipinski definition) is 13. The first-order valence-electron chi connectivity index (χ1n) is 14.8. The van der Waals surface area contributed by atoms with Crippen LogP contribution in [0.5, 0.6) is 11.6 Å². The quantitative estimate of drug-likeness (QED) is 0.152. The van der Waals surface area contributed by atoms with Gasteiger partial charge in [0.1, 0.15) is 29.4 Å². The number of aromatic nitrogens is 4. The van der Waals surface area contributed by atoms with Crippen LogP contribution >= 0.6 is 7.75 Å². The average molecular weight is 668 g/mol. The molecule has 6 atom stereocenters. The number of methoxy groups -OCH3 is 1. The maximum absolute atomic E-state index is 14.4. The number of hydrogen-bond donors (Lipinski definition) is 3. The molecule has 1 aliphatic heterocycles. The summed E-state index contributed by atoms with van der Waals surface area (Å²) in [5, 5.41) is 25.8. The Hall–Kier alpha value is -4.32. The molecular weight excluding hydrogens is 629 g/mol. The van der Waals surface area contributed by atoms with Gasteiger partial charge >= 0.3 is 13.7 Å². The topological polar surface area (TPSA) is 206 Å². The van der Waals surface area contributed by atoms with Gasteiger partial charge in [0.2, 0.25) is 11.8 Å². The van der Waals surface area contributed by atoms with Crippen molar-refractivity contribution >= 4 is 41.6 Å². The second-order valence-electron chi connectivity index (χ2n) is 12.7. The normalized spacial score (nSPS) is 23.2. The van der Waals surface area contributed by atoms with Crippen molar-refractivity contribution in [1.29, 1.82) is 5.26 Å². The largest absolute Gasteiger partial charge is 0.479 e. The smallest absolute Gasteiger partial charge is 0.459 e. The van der Waals surface area contributed by atoms with Crippen molar-refractivity contribution in [1.82, 2.24) is 24.6 Å². The summed E-state index contributed by atoms with van der Waals surface area (Å²) in [4.78, 5) is 25.4. The molecule has 0 aliphatic carbocycles. The van der Waals surface area contributed by atoms with E-state index in [4.69, 9.17) is 29.0 Å². The molecule has 4 N–H and O–H groups in total. The molecule has 1 aliphatic rings. The summed E-state index contributed by atoms with van der Waals surface area (Å²) in [5.74, 6) is -0.404. The minimum absolute atomic E-state index is 0.0964. The number of nitrogens with one attached hydrogen (secondary N) is 1. The van der Waals surface area contributed by atoms with Gasteiger partial charge in [-0.2, -0.15) is 20.3 Å². The summed E-state index contributed by atoms with van der Waals surface area (Å²) in [7, 11) is -2.98. The number of fused-ring (bicyclic) bond motifs is 2. The van der Waals surface area contributed by atoms with Crippen LogP contribution in [0.25, 0.3) is 21.9 Å². The third-order valence-corrected chi connectivity index (χ3v) is 9.24. The highest BCUT2D eigenvalue weighted by atomic mass is 31.2. The molecule has 2 unspecified atom stereocenters. The number of esters is 1. The molecule has 2 aromatic carbocycles. The van der Waals surface area contributed by atoms with Gasteiger partial charge in [-0.05, 0) is 30.7 Å². The highest BCUT2D eigenvalue weighted by molar-refractivity contribution is 7.52. The molecular formula is C31H38N7O8P. The van der Waals surface area contributed by atoms with Gasteiger partial charge in [0.25, 0.3) is 0 Å². The number of anilines is 1. The summed E-state index contributed by atoms with van der Waals surface area (Å²) >= 11 is 0. The third-order valence-electron chi connectivity index (χ3n) is 7.61. The highest BCUT2D eigenvalue weighted by Crippen LogP contribution is 2.50. The van der Waals surface area contributed by atoms with Crippen molar-refractivity contribution in [2.75, 3.05) is 26.1 Å². The van der Waals surface area contributed by atoms with Crippen LogP contribution in [0.2, 0.25) is 0 Å². The van der Waals surface area contributed by atoms with Crippen LogP contribution in [0.1, 0.15) is 40.8 Å². The molecule has 0 amide bonds. The SMILES string of the molecule is COc1nc(N)nc2c1ncn2C1O[C@H](COP(=O)(N[C@@H](C)C(=O)OCC(C)(C)C)Oc2cccc3ccccc23)[C@@H](O)[C@@]1(C)C#N. The molecule has 0 spiro atoms. The van der Waals surface area contributed by atoms with Gasteiger partial charge < -0.3 is 29.6 Å². The number of aliphatic hydroxyl groups excluding tert-OH is 1. The number of nitrogens with two attached hydrogens (primary N) is 1. The van der Waals surface area contributed by atoms with Crippen LogP contribution in [0.3, 0.4) is 0 Å². The number of imidazole rings is 1. The van der Waals surface area contributed by atoms with Crippen molar-refractivity contribution in [3.05, 3.63) is 48.8 Å². The van der Waals surface area contributed by atoms with E-state index in [0.29, 0.717) is 5.39 Å². The zero-order valence-electron chi connectivity index (χ0n) is 26.9. The van der Waals surface area contributed by atoms with Crippen molar-refractivity contribution in [3.63, 3.8) is 0 Å². The van der Waals surface area contributed by atoms with Crippen molar-refractivity contribution in [3.8, 4) is 17.7 Å². The minimum Gasteiger partial charge on any atom is -0.479 e. The van der Waals surface area contributed by atoms with E-state index >= 15 is 0 Å². The predicted molar refractivity (Wildman–Crippen MR) is 171 cm³/mol. The maximum atomic E-state index is 14.4. The summed E-state index contributed by atoms with van der Waals surface area (Å²) in [5.41, 5.74) is 4.51. The molecule has 0 bridgehead atoms. The maximum Gasteiger partial charge on any atom is 0.459 e. The number of ether oxygens (including phenoxy) is 3. The lowest BCUT2D eigenvalue weighted by molar-refractivity contribution is -0.148. The van der Waals surface area contributed by atoms with Gasteiger partial charge in [0.05, 0.1) is 32.7 Å². The van der Waals surface area contributed by atoms with E-state index in [1.54, 1.807) is 24.3 Å². The summed E-state index contributed by atoms with van der Waals surface area (Å²) in [6.45, 7) is 8.36. The Morgan fingerprint density at radius 1 is 1.26 bits per heavy atom. The molecule has 4 aromatic rings. The molecule has 0 saturated carbocycles. The van der Waals surface area contributed by atoms with E-state index in [1.807, 2.05) is 39.0 Å². The van der Waals surface area contributed by atoms with Crippen LogP contribution in [-0.2, 0) is 23.4 Å². The van der Waals surface area contributed by atoms with E-state index in [2.05, 4.69) is 26.1 Å². The third kappa shape index (κ3) is 7.02.